The summed E-state index contributed by atoms with van der Waals surface area (Å²) in [4.78, 5) is 14.4. The average Bonchev–Trinajstić information content (AvgIpc) is 2.32. The van der Waals surface area contributed by atoms with Gasteiger partial charge < -0.3 is 10.2 Å². The van der Waals surface area contributed by atoms with Gasteiger partial charge >= 0.3 is 0 Å². The Balaban J connectivity index is 2.09. The number of piperazine rings is 1. The molecule has 1 aliphatic rings. The number of hydrogen-bond donors (Lipinski definition) is 1. The predicted octanol–water partition coefficient (Wildman–Crippen LogP) is 2.09. The van der Waals surface area contributed by atoms with E-state index >= 15 is 0 Å². The van der Waals surface area contributed by atoms with Crippen LogP contribution >= 0.6 is 11.6 Å². The molecule has 0 aliphatic carbocycles. The van der Waals surface area contributed by atoms with Crippen LogP contribution in [0.25, 0.3) is 0 Å². The highest BCUT2D eigenvalue weighted by molar-refractivity contribution is 6.31. The molecule has 1 heterocycles. The van der Waals surface area contributed by atoms with Gasteiger partial charge in [0.15, 0.2) is 0 Å². The van der Waals surface area contributed by atoms with Crippen molar-refractivity contribution in [3.05, 3.63) is 34.9 Å². The van der Waals surface area contributed by atoms with Crippen molar-refractivity contribution in [2.45, 2.75) is 32.4 Å². The van der Waals surface area contributed by atoms with E-state index in [0.29, 0.717) is 11.4 Å². The number of amides is 1. The molecule has 1 amide bonds. The lowest BCUT2D eigenvalue weighted by Crippen LogP contribution is -2.57. The fourth-order valence-electron chi connectivity index (χ4n) is 2.52. The molecule has 0 bridgehead atoms. The number of nitrogens with one attached hydrogen (secondary N) is 1. The summed E-state index contributed by atoms with van der Waals surface area (Å²) in [7, 11) is 0. The van der Waals surface area contributed by atoms with Crippen LogP contribution in [0.1, 0.15) is 19.4 Å². The van der Waals surface area contributed by atoms with Crippen LogP contribution in [0, 0.1) is 0 Å². The SMILES string of the molecule is CC1CNCC(C)N1C(=O)Cc1ccccc1Cl. The minimum Gasteiger partial charge on any atom is -0.334 e. The van der Waals surface area contributed by atoms with Crippen molar-refractivity contribution < 1.29 is 4.79 Å². The highest BCUT2D eigenvalue weighted by Crippen LogP contribution is 2.18. The van der Waals surface area contributed by atoms with Gasteiger partial charge in [0.25, 0.3) is 0 Å². The molecule has 18 heavy (non-hydrogen) atoms. The molecule has 0 spiro atoms. The van der Waals surface area contributed by atoms with Gasteiger partial charge in [0.1, 0.15) is 0 Å². The van der Waals surface area contributed by atoms with Crippen LogP contribution in [-0.4, -0.2) is 36.0 Å². The van der Waals surface area contributed by atoms with Gasteiger partial charge in [-0.2, -0.15) is 0 Å². The molecule has 0 saturated carbocycles. The third kappa shape index (κ3) is 2.85. The average molecular weight is 267 g/mol. The summed E-state index contributed by atoms with van der Waals surface area (Å²) in [6.45, 7) is 5.87. The molecule has 1 fully saturated rings. The lowest BCUT2D eigenvalue weighted by molar-refractivity contribution is -0.135. The van der Waals surface area contributed by atoms with Gasteiger partial charge in [0, 0.05) is 30.2 Å². The van der Waals surface area contributed by atoms with Crippen LogP contribution in [0.15, 0.2) is 24.3 Å². The zero-order valence-corrected chi connectivity index (χ0v) is 11.6. The molecule has 3 nitrogen and oxygen atoms in total. The lowest BCUT2D eigenvalue weighted by atomic mass is 10.1. The standard InChI is InChI=1S/C14H19ClN2O/c1-10-8-16-9-11(2)17(10)14(18)7-12-5-3-4-6-13(12)15/h3-6,10-11,16H,7-9H2,1-2H3. The zero-order chi connectivity index (χ0) is 13.1. The maximum Gasteiger partial charge on any atom is 0.227 e. The van der Waals surface area contributed by atoms with E-state index in [1.807, 2.05) is 29.2 Å². The summed E-state index contributed by atoms with van der Waals surface area (Å²) < 4.78 is 0. The third-order valence-electron chi connectivity index (χ3n) is 3.42. The van der Waals surface area contributed by atoms with Crippen molar-refractivity contribution in [1.29, 1.82) is 0 Å². The maximum absolute atomic E-state index is 12.4. The molecule has 0 aromatic heterocycles. The van der Waals surface area contributed by atoms with Crippen molar-refractivity contribution in [2.24, 2.45) is 0 Å². The Morgan fingerprint density at radius 3 is 2.56 bits per heavy atom. The summed E-state index contributed by atoms with van der Waals surface area (Å²) in [6.07, 6.45) is 0.383. The molecule has 1 aromatic carbocycles. The number of rotatable bonds is 2. The van der Waals surface area contributed by atoms with E-state index in [9.17, 15) is 4.79 Å². The van der Waals surface area contributed by atoms with Gasteiger partial charge in [-0.05, 0) is 25.5 Å². The highest BCUT2D eigenvalue weighted by atomic mass is 35.5. The molecule has 1 aliphatic heterocycles. The first-order chi connectivity index (χ1) is 8.59. The number of nitrogens with zero attached hydrogens (tertiary/aromatic N) is 1. The molecule has 1 aromatic rings. The Morgan fingerprint density at radius 2 is 1.94 bits per heavy atom. The van der Waals surface area contributed by atoms with E-state index in [1.165, 1.54) is 0 Å². The number of carbonyl (C=O) groups is 1. The van der Waals surface area contributed by atoms with Gasteiger partial charge in [-0.15, -0.1) is 0 Å². The molecule has 0 radical (unpaired) electrons. The number of halogens is 1. The number of carbonyl (C=O) groups excluding carboxylic acids is 1. The second-order valence-corrected chi connectivity index (χ2v) is 5.33. The van der Waals surface area contributed by atoms with Crippen molar-refractivity contribution in [1.82, 2.24) is 10.2 Å². The van der Waals surface area contributed by atoms with Crippen molar-refractivity contribution in [3.8, 4) is 0 Å². The van der Waals surface area contributed by atoms with Crippen LogP contribution in [0.3, 0.4) is 0 Å². The molecular formula is C14H19ClN2O. The molecule has 2 atom stereocenters. The first kappa shape index (κ1) is 13.4. The predicted molar refractivity (Wildman–Crippen MR) is 73.8 cm³/mol. The summed E-state index contributed by atoms with van der Waals surface area (Å²) in [6, 6.07) is 8.02. The Bertz CT molecular complexity index is 426. The summed E-state index contributed by atoms with van der Waals surface area (Å²) in [5, 5.41) is 3.99. The van der Waals surface area contributed by atoms with Crippen LogP contribution < -0.4 is 5.32 Å². The molecule has 1 saturated heterocycles. The van der Waals surface area contributed by atoms with E-state index < -0.39 is 0 Å². The van der Waals surface area contributed by atoms with Gasteiger partial charge in [-0.1, -0.05) is 29.8 Å². The van der Waals surface area contributed by atoms with Crippen LogP contribution in [-0.2, 0) is 11.2 Å². The highest BCUT2D eigenvalue weighted by Gasteiger charge is 2.28. The first-order valence-corrected chi connectivity index (χ1v) is 6.72. The molecular weight excluding hydrogens is 248 g/mol. The summed E-state index contributed by atoms with van der Waals surface area (Å²) in [5.74, 6) is 0.157. The maximum atomic E-state index is 12.4. The topological polar surface area (TPSA) is 32.3 Å². The third-order valence-corrected chi connectivity index (χ3v) is 3.79. The molecule has 1 N–H and O–H groups in total. The first-order valence-electron chi connectivity index (χ1n) is 6.35. The Labute approximate surface area is 113 Å². The van der Waals surface area contributed by atoms with Crippen molar-refractivity contribution in [2.75, 3.05) is 13.1 Å². The Hall–Kier alpha value is -1.06. The second-order valence-electron chi connectivity index (χ2n) is 4.93. The minimum absolute atomic E-state index is 0.157. The smallest absolute Gasteiger partial charge is 0.227 e. The molecule has 2 rings (SSSR count). The van der Waals surface area contributed by atoms with Crippen molar-refractivity contribution >= 4 is 17.5 Å². The normalized spacial score (nSPS) is 24.1. The van der Waals surface area contributed by atoms with Crippen LogP contribution in [0.5, 0.6) is 0 Å². The minimum atomic E-state index is 0.157. The lowest BCUT2D eigenvalue weighted by Gasteiger charge is -2.39. The van der Waals surface area contributed by atoms with Crippen molar-refractivity contribution in [3.63, 3.8) is 0 Å². The van der Waals surface area contributed by atoms with Gasteiger partial charge in [-0.25, -0.2) is 0 Å². The van der Waals surface area contributed by atoms with Crippen LogP contribution in [0.2, 0.25) is 5.02 Å². The quantitative estimate of drug-likeness (QED) is 0.889. The fourth-order valence-corrected chi connectivity index (χ4v) is 2.72. The van der Waals surface area contributed by atoms with Crippen LogP contribution in [0.4, 0.5) is 0 Å². The molecule has 4 heteroatoms. The van der Waals surface area contributed by atoms with E-state index in [4.69, 9.17) is 11.6 Å². The van der Waals surface area contributed by atoms with E-state index in [0.717, 1.165) is 18.7 Å². The second kappa shape index (κ2) is 5.72. The van der Waals surface area contributed by atoms with Gasteiger partial charge in [0.05, 0.1) is 6.42 Å². The Kier molecular flexibility index (Phi) is 4.25. The fraction of sp³-hybridized carbons (Fsp3) is 0.500. The molecule has 2 unspecified atom stereocenters. The monoisotopic (exact) mass is 266 g/mol. The summed E-state index contributed by atoms with van der Waals surface area (Å²) >= 11 is 6.10. The van der Waals surface area contributed by atoms with E-state index in [-0.39, 0.29) is 18.0 Å². The summed E-state index contributed by atoms with van der Waals surface area (Å²) in [5.41, 5.74) is 0.905. The van der Waals surface area contributed by atoms with Gasteiger partial charge in [0.2, 0.25) is 5.91 Å². The zero-order valence-electron chi connectivity index (χ0n) is 10.8. The van der Waals surface area contributed by atoms with E-state index in [1.54, 1.807) is 0 Å². The number of benzene rings is 1. The largest absolute Gasteiger partial charge is 0.334 e. The Morgan fingerprint density at radius 1 is 1.33 bits per heavy atom. The van der Waals surface area contributed by atoms with Gasteiger partial charge in [-0.3, -0.25) is 4.79 Å². The number of hydrogen-bond acceptors (Lipinski definition) is 2. The molecule has 98 valence electrons. The van der Waals surface area contributed by atoms with E-state index in [2.05, 4.69) is 19.2 Å².